The second kappa shape index (κ2) is 9.93. The number of benzene rings is 3. The average Bonchev–Trinajstić information content (AvgIpc) is 3.49. The maximum atomic E-state index is 5.32. The molecule has 5 rings (SSSR count). The molecule has 0 spiro atoms. The van der Waals surface area contributed by atoms with Gasteiger partial charge < -0.3 is 4.42 Å². The summed E-state index contributed by atoms with van der Waals surface area (Å²) in [6.45, 7) is 0. The van der Waals surface area contributed by atoms with Gasteiger partial charge in [0.2, 0.25) is 5.17 Å². The lowest BCUT2D eigenvalue weighted by molar-refractivity contribution is 0.560. The zero-order chi connectivity index (χ0) is 22.3. The predicted octanol–water partition coefficient (Wildman–Crippen LogP) is 6.68. The van der Waals surface area contributed by atoms with Crippen LogP contribution in [0.3, 0.4) is 0 Å². The Kier molecular flexibility index (Phi) is 6.22. The van der Waals surface area contributed by atoms with E-state index in [-0.39, 0.29) is 0 Å². The largest absolute Gasteiger partial charge is 0.463 e. The molecule has 160 valence electrons. The first-order chi connectivity index (χ1) is 16.4. The van der Waals surface area contributed by atoms with Crippen LogP contribution in [0.15, 0.2) is 134 Å². The summed E-state index contributed by atoms with van der Waals surface area (Å²) in [4.78, 5) is 11.8. The zero-order valence-electron chi connectivity index (χ0n) is 17.5. The number of anilines is 1. The Labute approximate surface area is 195 Å². The van der Waals surface area contributed by atoms with Crippen molar-refractivity contribution in [3.05, 3.63) is 115 Å². The number of hydrogen-bond acceptors (Lipinski definition) is 6. The lowest BCUT2D eigenvalue weighted by atomic mass is 10.3. The summed E-state index contributed by atoms with van der Waals surface area (Å²) in [5, 5.41) is 10.1. The number of hydrogen-bond donors (Lipinski definition) is 0. The van der Waals surface area contributed by atoms with Crippen molar-refractivity contribution in [2.45, 2.75) is 0 Å². The van der Waals surface area contributed by atoms with Crippen LogP contribution < -0.4 is 4.90 Å². The van der Waals surface area contributed by atoms with E-state index in [0.717, 1.165) is 22.1 Å². The first-order valence-corrected chi connectivity index (χ1v) is 11.1. The van der Waals surface area contributed by atoms with Gasteiger partial charge in [-0.25, -0.2) is 9.98 Å². The minimum atomic E-state index is 0.630. The predicted molar refractivity (Wildman–Crippen MR) is 137 cm³/mol. The van der Waals surface area contributed by atoms with Crippen LogP contribution >= 0.6 is 11.8 Å². The van der Waals surface area contributed by atoms with Gasteiger partial charge in [-0.3, -0.25) is 4.90 Å². The summed E-state index contributed by atoms with van der Waals surface area (Å²) in [6.07, 6.45) is 3.18. The molecule has 4 aromatic rings. The van der Waals surface area contributed by atoms with Gasteiger partial charge in [-0.1, -0.05) is 54.6 Å². The summed E-state index contributed by atoms with van der Waals surface area (Å²) in [6, 6.07) is 33.2. The third kappa shape index (κ3) is 4.99. The molecule has 0 N–H and O–H groups in total. The topological polar surface area (TPSA) is 65.8 Å². The molecular weight excluding hydrogens is 430 g/mol. The number of para-hydroxylation sites is 3. The normalized spacial score (nSPS) is 17.6. The van der Waals surface area contributed by atoms with Crippen molar-refractivity contribution in [2.24, 2.45) is 20.2 Å². The van der Waals surface area contributed by atoms with Crippen LogP contribution in [0.5, 0.6) is 0 Å². The molecule has 6 nitrogen and oxygen atoms in total. The Hall–Kier alpha value is -4.23. The van der Waals surface area contributed by atoms with Gasteiger partial charge >= 0.3 is 0 Å². The maximum absolute atomic E-state index is 5.32. The number of furan rings is 1. The Morgan fingerprint density at radius 2 is 1.33 bits per heavy atom. The van der Waals surface area contributed by atoms with Crippen molar-refractivity contribution in [1.29, 1.82) is 0 Å². The van der Waals surface area contributed by atoms with E-state index in [2.05, 4.69) is 10.2 Å². The Morgan fingerprint density at radius 1 is 0.697 bits per heavy atom. The fourth-order valence-corrected chi connectivity index (χ4v) is 4.08. The Morgan fingerprint density at radius 3 is 1.97 bits per heavy atom. The van der Waals surface area contributed by atoms with E-state index in [1.165, 1.54) is 11.8 Å². The lowest BCUT2D eigenvalue weighted by Crippen LogP contribution is -2.30. The van der Waals surface area contributed by atoms with Crippen molar-refractivity contribution < 1.29 is 4.42 Å². The van der Waals surface area contributed by atoms with Gasteiger partial charge in [-0.05, 0) is 60.3 Å². The second-order valence-corrected chi connectivity index (χ2v) is 7.90. The molecular formula is C26H19N5OS. The van der Waals surface area contributed by atoms with Crippen molar-refractivity contribution in [3.63, 3.8) is 0 Å². The molecule has 1 saturated heterocycles. The Balaban J connectivity index is 1.63. The molecule has 0 saturated carbocycles. The van der Waals surface area contributed by atoms with Crippen molar-refractivity contribution >= 4 is 51.1 Å². The standard InChI is InChI=1S/C26H19N5OS/c1-4-11-20(12-5-1)28-24-25(29-21-13-6-2-7-14-21)33-26(30-27-19-23-17-10-18-32-23)31(24)22-15-8-3-9-16-22/h1-19H/b27-19-,28-24?,29-25?,30-26+. The molecule has 0 atom stereocenters. The molecule has 3 aromatic carbocycles. The molecule has 7 heteroatoms. The molecule has 1 aliphatic heterocycles. The summed E-state index contributed by atoms with van der Waals surface area (Å²) in [5.74, 6) is 1.32. The van der Waals surface area contributed by atoms with Crippen LogP contribution in [-0.2, 0) is 0 Å². The third-order valence-corrected chi connectivity index (χ3v) is 5.56. The van der Waals surface area contributed by atoms with Crippen LogP contribution in [0.4, 0.5) is 17.1 Å². The van der Waals surface area contributed by atoms with Crippen molar-refractivity contribution in [2.75, 3.05) is 4.90 Å². The smallest absolute Gasteiger partial charge is 0.202 e. The molecule has 0 amide bonds. The first kappa shape index (κ1) is 20.7. The molecule has 1 fully saturated rings. The van der Waals surface area contributed by atoms with Crippen molar-refractivity contribution in [1.82, 2.24) is 0 Å². The summed E-state index contributed by atoms with van der Waals surface area (Å²) in [5.41, 5.74) is 2.59. The second-order valence-electron chi connectivity index (χ2n) is 6.94. The van der Waals surface area contributed by atoms with Crippen LogP contribution in [-0.4, -0.2) is 22.3 Å². The molecule has 1 aromatic heterocycles. The zero-order valence-corrected chi connectivity index (χ0v) is 18.3. The highest BCUT2D eigenvalue weighted by Crippen LogP contribution is 2.32. The molecule has 0 aliphatic carbocycles. The summed E-state index contributed by atoms with van der Waals surface area (Å²) >= 11 is 1.42. The number of rotatable bonds is 5. The fourth-order valence-electron chi connectivity index (χ4n) is 3.15. The number of aliphatic imine (C=N–C) groups is 2. The maximum Gasteiger partial charge on any atom is 0.202 e. The van der Waals surface area contributed by atoms with Gasteiger partial charge in [0, 0.05) is 5.69 Å². The van der Waals surface area contributed by atoms with E-state index in [9.17, 15) is 0 Å². The van der Waals surface area contributed by atoms with Crippen LogP contribution in [0, 0.1) is 0 Å². The molecule has 0 bridgehead atoms. The fraction of sp³-hybridized carbons (Fsp3) is 0. The van der Waals surface area contributed by atoms with E-state index < -0.39 is 0 Å². The van der Waals surface area contributed by atoms with Gasteiger partial charge in [-0.15, -0.1) is 5.10 Å². The van der Waals surface area contributed by atoms with Crippen molar-refractivity contribution in [3.8, 4) is 0 Å². The first-order valence-electron chi connectivity index (χ1n) is 10.3. The van der Waals surface area contributed by atoms with Gasteiger partial charge in [0.25, 0.3) is 0 Å². The highest BCUT2D eigenvalue weighted by molar-refractivity contribution is 8.29. The van der Waals surface area contributed by atoms with Crippen LogP contribution in [0.25, 0.3) is 0 Å². The van der Waals surface area contributed by atoms with Gasteiger partial charge in [0.05, 0.1) is 23.9 Å². The lowest BCUT2D eigenvalue weighted by Gasteiger charge is -2.17. The molecule has 0 unspecified atom stereocenters. The third-order valence-electron chi connectivity index (χ3n) is 4.65. The average molecular weight is 450 g/mol. The molecule has 0 radical (unpaired) electrons. The van der Waals surface area contributed by atoms with E-state index in [4.69, 9.17) is 14.4 Å². The highest BCUT2D eigenvalue weighted by atomic mass is 32.2. The van der Waals surface area contributed by atoms with E-state index in [0.29, 0.717) is 16.8 Å². The van der Waals surface area contributed by atoms with Gasteiger partial charge in [0.1, 0.15) is 10.8 Å². The Bertz CT molecular complexity index is 1320. The number of thioether (sulfide) groups is 1. The SMILES string of the molecule is C(=N/N=C1/SC(=Nc2ccccc2)C(=Nc2ccccc2)N1c1ccccc1)/c1ccco1. The van der Waals surface area contributed by atoms with Gasteiger partial charge in [0.15, 0.2) is 5.84 Å². The van der Waals surface area contributed by atoms with Crippen LogP contribution in [0.1, 0.15) is 5.76 Å². The van der Waals surface area contributed by atoms with E-state index >= 15 is 0 Å². The van der Waals surface area contributed by atoms with E-state index in [1.807, 2.05) is 108 Å². The molecule has 2 heterocycles. The number of amidine groups is 2. The summed E-state index contributed by atoms with van der Waals surface area (Å²) < 4.78 is 5.32. The monoisotopic (exact) mass is 449 g/mol. The molecule has 33 heavy (non-hydrogen) atoms. The quantitative estimate of drug-likeness (QED) is 0.252. The highest BCUT2D eigenvalue weighted by Gasteiger charge is 2.34. The van der Waals surface area contributed by atoms with Crippen LogP contribution in [0.2, 0.25) is 0 Å². The minimum absolute atomic E-state index is 0.630. The summed E-state index contributed by atoms with van der Waals surface area (Å²) in [7, 11) is 0. The number of nitrogens with zero attached hydrogens (tertiary/aromatic N) is 5. The van der Waals surface area contributed by atoms with E-state index in [1.54, 1.807) is 12.5 Å². The molecule has 1 aliphatic rings. The van der Waals surface area contributed by atoms with Gasteiger partial charge in [-0.2, -0.15) is 5.10 Å². The minimum Gasteiger partial charge on any atom is -0.463 e.